The van der Waals surface area contributed by atoms with Crippen LogP contribution in [-0.2, 0) is 9.47 Å². The lowest BCUT2D eigenvalue weighted by Gasteiger charge is -2.34. The van der Waals surface area contributed by atoms with E-state index in [1.807, 2.05) is 0 Å². The minimum Gasteiger partial charge on any atom is -0.395 e. The van der Waals surface area contributed by atoms with Gasteiger partial charge in [-0.15, -0.1) is 0 Å². The average Bonchev–Trinajstić information content (AvgIpc) is 2.94. The number of rotatable bonds is 11. The fourth-order valence-electron chi connectivity index (χ4n) is 4.68. The van der Waals surface area contributed by atoms with Gasteiger partial charge in [0.2, 0.25) is 0 Å². The smallest absolute Gasteiger partial charge is 0.0594 e. The lowest BCUT2D eigenvalue weighted by atomic mass is 10.0. The fourth-order valence-corrected chi connectivity index (χ4v) is 4.68. The quantitative estimate of drug-likeness (QED) is 0.481. The number of ether oxygens (including phenoxy) is 2. The minimum atomic E-state index is 0.281. The predicted octanol–water partition coefficient (Wildman–Crippen LogP) is -0.735. The van der Waals surface area contributed by atoms with Crippen LogP contribution in [0.1, 0.15) is 6.42 Å². The van der Waals surface area contributed by atoms with Crippen LogP contribution in [0.2, 0.25) is 0 Å². The molecule has 0 aliphatic carbocycles. The number of likely N-dealkylation sites (tertiary alicyclic amines) is 2. The normalized spacial score (nSPS) is 28.8. The molecule has 3 fully saturated rings. The first-order chi connectivity index (χ1) is 12.8. The highest BCUT2D eigenvalue weighted by atomic mass is 16.5. The maximum Gasteiger partial charge on any atom is 0.0594 e. The monoisotopic (exact) mass is 370 g/mol. The number of aliphatic hydroxyl groups is 1. The van der Waals surface area contributed by atoms with Gasteiger partial charge >= 0.3 is 0 Å². The zero-order chi connectivity index (χ0) is 18.2. The Morgan fingerprint density at radius 3 is 2.19 bits per heavy atom. The SMILES string of the molecule is COCCN1CCN(CCOCCN2C[C@H]3C[C@H]2CN(CCO)C3)CC1. The lowest BCUT2D eigenvalue weighted by molar-refractivity contribution is 0.0541. The Kier molecular flexibility index (Phi) is 8.58. The van der Waals surface area contributed by atoms with Crippen LogP contribution in [0.3, 0.4) is 0 Å². The van der Waals surface area contributed by atoms with Crippen molar-refractivity contribution < 1.29 is 14.6 Å². The summed E-state index contributed by atoms with van der Waals surface area (Å²) in [5.41, 5.74) is 0. The maximum absolute atomic E-state index is 9.15. The Bertz CT molecular complexity index is 393. The zero-order valence-corrected chi connectivity index (χ0v) is 16.5. The summed E-state index contributed by atoms with van der Waals surface area (Å²) >= 11 is 0. The van der Waals surface area contributed by atoms with E-state index >= 15 is 0 Å². The zero-order valence-electron chi connectivity index (χ0n) is 16.5. The molecule has 1 N–H and O–H groups in total. The number of β-amino-alcohol motifs (C(OH)–C–C–N with tert-alkyl or cyclic N) is 1. The van der Waals surface area contributed by atoms with Crippen molar-refractivity contribution in [3.8, 4) is 0 Å². The second-order valence-electron chi connectivity index (χ2n) is 8.02. The van der Waals surface area contributed by atoms with Gasteiger partial charge in [0.1, 0.15) is 0 Å². The molecule has 0 radical (unpaired) electrons. The van der Waals surface area contributed by atoms with Crippen molar-refractivity contribution in [2.45, 2.75) is 12.5 Å². The molecular formula is C19H38N4O3. The van der Waals surface area contributed by atoms with Gasteiger partial charge in [-0.1, -0.05) is 0 Å². The highest BCUT2D eigenvalue weighted by molar-refractivity contribution is 4.93. The molecule has 7 heteroatoms. The van der Waals surface area contributed by atoms with Crippen LogP contribution >= 0.6 is 0 Å². The molecule has 0 unspecified atom stereocenters. The highest BCUT2D eigenvalue weighted by Crippen LogP contribution is 2.29. The molecule has 3 saturated heterocycles. The van der Waals surface area contributed by atoms with E-state index in [1.54, 1.807) is 7.11 Å². The third-order valence-corrected chi connectivity index (χ3v) is 6.17. The van der Waals surface area contributed by atoms with Crippen LogP contribution < -0.4 is 0 Å². The van der Waals surface area contributed by atoms with Gasteiger partial charge in [-0.2, -0.15) is 0 Å². The molecule has 3 heterocycles. The Morgan fingerprint density at radius 1 is 0.808 bits per heavy atom. The number of methoxy groups -OCH3 is 1. The van der Waals surface area contributed by atoms with E-state index in [4.69, 9.17) is 14.6 Å². The highest BCUT2D eigenvalue weighted by Gasteiger charge is 2.37. The molecule has 26 heavy (non-hydrogen) atoms. The number of piperazine rings is 1. The van der Waals surface area contributed by atoms with E-state index in [-0.39, 0.29) is 6.61 Å². The van der Waals surface area contributed by atoms with Gasteiger partial charge in [0, 0.05) is 85.1 Å². The largest absolute Gasteiger partial charge is 0.395 e. The van der Waals surface area contributed by atoms with Gasteiger partial charge < -0.3 is 14.6 Å². The first-order valence-corrected chi connectivity index (χ1v) is 10.4. The van der Waals surface area contributed by atoms with Crippen LogP contribution in [0.4, 0.5) is 0 Å². The summed E-state index contributed by atoms with van der Waals surface area (Å²) < 4.78 is 11.1. The van der Waals surface area contributed by atoms with Crippen molar-refractivity contribution in [1.29, 1.82) is 0 Å². The Labute approximate surface area is 158 Å². The molecule has 7 nitrogen and oxygen atoms in total. The summed E-state index contributed by atoms with van der Waals surface area (Å²) in [5, 5.41) is 9.15. The number of fused-ring (bicyclic) bond motifs is 2. The Morgan fingerprint density at radius 2 is 1.50 bits per heavy atom. The predicted molar refractivity (Wildman–Crippen MR) is 103 cm³/mol. The van der Waals surface area contributed by atoms with Crippen LogP contribution in [-0.4, -0.2) is 136 Å². The van der Waals surface area contributed by atoms with Gasteiger partial charge in [0.25, 0.3) is 0 Å². The number of hydrogen-bond acceptors (Lipinski definition) is 7. The number of nitrogens with zero attached hydrogens (tertiary/aromatic N) is 4. The van der Waals surface area contributed by atoms with Gasteiger partial charge in [-0.25, -0.2) is 0 Å². The van der Waals surface area contributed by atoms with Crippen molar-refractivity contribution in [2.75, 3.05) is 106 Å². The van der Waals surface area contributed by atoms with E-state index in [2.05, 4.69) is 19.6 Å². The molecule has 0 saturated carbocycles. The second-order valence-corrected chi connectivity index (χ2v) is 8.02. The van der Waals surface area contributed by atoms with E-state index in [1.165, 1.54) is 13.0 Å². The molecule has 0 aromatic heterocycles. The molecule has 2 atom stereocenters. The summed E-state index contributed by atoms with van der Waals surface area (Å²) in [5.74, 6) is 0.787. The van der Waals surface area contributed by atoms with Crippen molar-refractivity contribution >= 4 is 0 Å². The third-order valence-electron chi connectivity index (χ3n) is 6.17. The van der Waals surface area contributed by atoms with Gasteiger partial charge in [-0.3, -0.25) is 19.6 Å². The summed E-state index contributed by atoms with van der Waals surface area (Å²) in [7, 11) is 1.77. The van der Waals surface area contributed by atoms with E-state index in [9.17, 15) is 0 Å². The molecule has 0 amide bonds. The molecule has 3 aliphatic heterocycles. The molecule has 3 aliphatic rings. The molecule has 0 aromatic carbocycles. The third kappa shape index (κ3) is 6.12. The van der Waals surface area contributed by atoms with Gasteiger partial charge in [-0.05, 0) is 12.3 Å². The molecule has 3 rings (SSSR count). The molecular weight excluding hydrogens is 332 g/mol. The van der Waals surface area contributed by atoms with Crippen LogP contribution in [0.25, 0.3) is 0 Å². The van der Waals surface area contributed by atoms with E-state index in [0.29, 0.717) is 6.04 Å². The number of piperidine rings is 1. The van der Waals surface area contributed by atoms with Gasteiger partial charge in [0.15, 0.2) is 0 Å². The first kappa shape index (κ1) is 20.5. The summed E-state index contributed by atoms with van der Waals surface area (Å²) in [6.45, 7) is 14.8. The second kappa shape index (κ2) is 10.9. The minimum absolute atomic E-state index is 0.281. The average molecular weight is 371 g/mol. The topological polar surface area (TPSA) is 51.7 Å². The van der Waals surface area contributed by atoms with E-state index < -0.39 is 0 Å². The Hall–Kier alpha value is -0.280. The molecule has 0 aromatic rings. The first-order valence-electron chi connectivity index (χ1n) is 10.4. The van der Waals surface area contributed by atoms with Crippen molar-refractivity contribution in [1.82, 2.24) is 19.6 Å². The fraction of sp³-hybridized carbons (Fsp3) is 1.00. The molecule has 2 bridgehead atoms. The van der Waals surface area contributed by atoms with Crippen molar-refractivity contribution in [2.24, 2.45) is 5.92 Å². The summed E-state index contributed by atoms with van der Waals surface area (Å²) in [6.07, 6.45) is 1.33. The van der Waals surface area contributed by atoms with Crippen molar-refractivity contribution in [3.05, 3.63) is 0 Å². The summed E-state index contributed by atoms with van der Waals surface area (Å²) in [6, 6.07) is 0.670. The summed E-state index contributed by atoms with van der Waals surface area (Å²) in [4.78, 5) is 10.0. The van der Waals surface area contributed by atoms with E-state index in [0.717, 1.165) is 91.2 Å². The number of hydrogen-bond donors (Lipinski definition) is 1. The molecule has 0 spiro atoms. The Balaban J connectivity index is 1.22. The van der Waals surface area contributed by atoms with Crippen molar-refractivity contribution in [3.63, 3.8) is 0 Å². The van der Waals surface area contributed by atoms with Crippen LogP contribution in [0, 0.1) is 5.92 Å². The number of aliphatic hydroxyl groups excluding tert-OH is 1. The van der Waals surface area contributed by atoms with Crippen LogP contribution in [0.5, 0.6) is 0 Å². The van der Waals surface area contributed by atoms with Crippen LogP contribution in [0.15, 0.2) is 0 Å². The van der Waals surface area contributed by atoms with Gasteiger partial charge in [0.05, 0.1) is 26.4 Å². The standard InChI is InChI=1S/C19H38N4O3/c1-25-11-7-20-2-4-21(5-3-20)8-12-26-13-9-23-16-18-14-19(23)17-22(15-18)6-10-24/h18-19,24H,2-17H2,1H3/t18-,19-/m0/s1. The molecule has 152 valence electrons. The maximum atomic E-state index is 9.15. The lowest BCUT2D eigenvalue weighted by Crippen LogP contribution is -2.48.